The van der Waals surface area contributed by atoms with Crippen LogP contribution in [0.4, 0.5) is 11.4 Å². The van der Waals surface area contributed by atoms with Crippen molar-refractivity contribution in [1.82, 2.24) is 9.97 Å². The molecule has 0 fully saturated rings. The van der Waals surface area contributed by atoms with Crippen LogP contribution in [0.3, 0.4) is 0 Å². The van der Waals surface area contributed by atoms with Crippen LogP contribution in [0.1, 0.15) is 0 Å². The summed E-state index contributed by atoms with van der Waals surface area (Å²) in [7, 11) is 0. The molecule has 0 saturated carbocycles. The molecular formula is C34H22BN3. The maximum absolute atomic E-state index is 4.58. The molecule has 176 valence electrons. The second kappa shape index (κ2) is 8.29. The van der Waals surface area contributed by atoms with Crippen molar-refractivity contribution in [1.29, 1.82) is 0 Å². The Labute approximate surface area is 222 Å². The molecule has 0 radical (unpaired) electrons. The van der Waals surface area contributed by atoms with Crippen LogP contribution >= 0.6 is 0 Å². The molecule has 0 N–H and O–H groups in total. The van der Waals surface area contributed by atoms with E-state index in [2.05, 4.69) is 112 Å². The summed E-state index contributed by atoms with van der Waals surface area (Å²) in [4.78, 5) is 11.3. The maximum atomic E-state index is 4.58. The molecular weight excluding hydrogens is 461 g/mol. The zero-order valence-electron chi connectivity index (χ0n) is 20.6. The third kappa shape index (κ3) is 3.10. The second-order valence-corrected chi connectivity index (χ2v) is 9.89. The van der Waals surface area contributed by atoms with Gasteiger partial charge in [0.2, 0.25) is 0 Å². The summed E-state index contributed by atoms with van der Waals surface area (Å²) in [6.45, 7) is 0.132. The monoisotopic (exact) mass is 483 g/mol. The van der Waals surface area contributed by atoms with E-state index in [1.165, 1.54) is 44.6 Å². The smallest absolute Gasteiger partial charge is 0.329 e. The first-order valence-corrected chi connectivity index (χ1v) is 12.9. The Balaban J connectivity index is 1.34. The van der Waals surface area contributed by atoms with Gasteiger partial charge in [0, 0.05) is 58.4 Å². The molecule has 8 rings (SSSR count). The molecule has 0 amide bonds. The van der Waals surface area contributed by atoms with Crippen molar-refractivity contribution in [3.8, 4) is 44.5 Å². The number of nitrogens with zero attached hydrogens (tertiary/aromatic N) is 3. The Kier molecular flexibility index (Phi) is 4.62. The largest absolute Gasteiger partial charge is 0.376 e. The zero-order valence-corrected chi connectivity index (χ0v) is 20.6. The number of pyridine rings is 2. The molecule has 4 heterocycles. The van der Waals surface area contributed by atoms with Gasteiger partial charge in [-0.05, 0) is 69.6 Å². The summed E-state index contributed by atoms with van der Waals surface area (Å²) in [5, 5.41) is 0. The zero-order chi connectivity index (χ0) is 25.1. The number of aromatic nitrogens is 2. The van der Waals surface area contributed by atoms with Crippen LogP contribution in [0.15, 0.2) is 134 Å². The van der Waals surface area contributed by atoms with Crippen LogP contribution in [-0.2, 0) is 0 Å². The van der Waals surface area contributed by atoms with Crippen molar-refractivity contribution in [3.63, 3.8) is 0 Å². The summed E-state index contributed by atoms with van der Waals surface area (Å²) in [6.07, 6.45) is 7.52. The van der Waals surface area contributed by atoms with E-state index in [1.54, 1.807) is 0 Å². The van der Waals surface area contributed by atoms with Crippen LogP contribution in [0.5, 0.6) is 0 Å². The maximum Gasteiger partial charge on any atom is 0.329 e. The van der Waals surface area contributed by atoms with E-state index in [4.69, 9.17) is 0 Å². The average molecular weight is 483 g/mol. The quantitative estimate of drug-likeness (QED) is 0.256. The van der Waals surface area contributed by atoms with Gasteiger partial charge in [0.05, 0.1) is 0 Å². The van der Waals surface area contributed by atoms with E-state index in [-0.39, 0.29) is 6.85 Å². The number of fused-ring (bicyclic) bond motifs is 11. The van der Waals surface area contributed by atoms with E-state index in [9.17, 15) is 0 Å². The van der Waals surface area contributed by atoms with Crippen LogP contribution in [0.2, 0.25) is 0 Å². The molecule has 4 aromatic carbocycles. The van der Waals surface area contributed by atoms with Crippen molar-refractivity contribution < 1.29 is 0 Å². The van der Waals surface area contributed by atoms with Crippen LogP contribution < -0.4 is 15.7 Å². The normalized spacial score (nSPS) is 12.6. The molecule has 3 nitrogen and oxygen atoms in total. The van der Waals surface area contributed by atoms with Gasteiger partial charge in [-0.1, -0.05) is 72.8 Å². The van der Waals surface area contributed by atoms with Gasteiger partial charge < -0.3 is 4.81 Å². The predicted octanol–water partition coefficient (Wildman–Crippen LogP) is 6.72. The lowest BCUT2D eigenvalue weighted by molar-refractivity contribution is 1.30. The highest BCUT2D eigenvalue weighted by atomic mass is 15.1. The van der Waals surface area contributed by atoms with Crippen molar-refractivity contribution in [2.24, 2.45) is 0 Å². The minimum absolute atomic E-state index is 0.132. The minimum Gasteiger partial charge on any atom is -0.376 e. The molecule has 0 spiro atoms. The van der Waals surface area contributed by atoms with E-state index >= 15 is 0 Å². The lowest BCUT2D eigenvalue weighted by Gasteiger charge is -2.43. The molecule has 2 aromatic heterocycles. The summed E-state index contributed by atoms with van der Waals surface area (Å²) in [5.74, 6) is 0. The topological polar surface area (TPSA) is 29.0 Å². The molecule has 0 bridgehead atoms. The Morgan fingerprint density at radius 3 is 1.82 bits per heavy atom. The lowest BCUT2D eigenvalue weighted by atomic mass is 9.43. The van der Waals surface area contributed by atoms with Gasteiger partial charge in [-0.2, -0.15) is 0 Å². The van der Waals surface area contributed by atoms with Crippen LogP contribution in [0.25, 0.3) is 44.5 Å². The first-order chi connectivity index (χ1) is 18.9. The van der Waals surface area contributed by atoms with Crippen molar-refractivity contribution >= 4 is 29.1 Å². The van der Waals surface area contributed by atoms with Crippen LogP contribution in [-0.4, -0.2) is 16.8 Å². The SMILES string of the molecule is c1ccc2c(c1)B1c3ccccc3-c3cc(-c4cncc(-c5ccncc5)c4)ccc3N1c1ccccc1-2. The highest BCUT2D eigenvalue weighted by molar-refractivity contribution is 6.92. The molecule has 0 atom stereocenters. The summed E-state index contributed by atoms with van der Waals surface area (Å²) < 4.78 is 0. The number of benzene rings is 4. The third-order valence-electron chi connectivity index (χ3n) is 7.85. The number of rotatable bonds is 2. The van der Waals surface area contributed by atoms with Gasteiger partial charge in [0.25, 0.3) is 0 Å². The van der Waals surface area contributed by atoms with Crippen molar-refractivity contribution in [3.05, 3.63) is 134 Å². The Morgan fingerprint density at radius 2 is 1.05 bits per heavy atom. The average Bonchev–Trinajstić information content (AvgIpc) is 3.01. The Morgan fingerprint density at radius 1 is 0.447 bits per heavy atom. The molecule has 38 heavy (non-hydrogen) atoms. The number of hydrogen-bond donors (Lipinski definition) is 0. The summed E-state index contributed by atoms with van der Waals surface area (Å²) >= 11 is 0. The highest BCUT2D eigenvalue weighted by Crippen LogP contribution is 2.46. The standard InChI is InChI=1S/C34H22BN3/c1-4-10-31-27(7-1)29-9-3-6-12-33(29)38-34-14-13-24(20-30(34)28-8-2-5-11-32(28)35(31)38)26-19-25(21-37-22-26)23-15-17-36-18-16-23/h1-22H. The Bertz CT molecular complexity index is 1850. The fourth-order valence-electron chi connectivity index (χ4n) is 6.17. The van der Waals surface area contributed by atoms with Gasteiger partial charge in [0.1, 0.15) is 0 Å². The predicted molar refractivity (Wildman–Crippen MR) is 157 cm³/mol. The first kappa shape index (κ1) is 21.2. The summed E-state index contributed by atoms with van der Waals surface area (Å²) in [5.41, 5.74) is 14.8. The highest BCUT2D eigenvalue weighted by Gasteiger charge is 2.41. The Hall–Kier alpha value is -4.96. The van der Waals surface area contributed by atoms with Gasteiger partial charge in [-0.15, -0.1) is 0 Å². The summed E-state index contributed by atoms with van der Waals surface area (Å²) in [6, 6.07) is 39.6. The van der Waals surface area contributed by atoms with E-state index in [0.29, 0.717) is 0 Å². The van der Waals surface area contributed by atoms with Crippen molar-refractivity contribution in [2.75, 3.05) is 4.81 Å². The second-order valence-electron chi connectivity index (χ2n) is 9.89. The first-order valence-electron chi connectivity index (χ1n) is 12.9. The van der Waals surface area contributed by atoms with Gasteiger partial charge in [-0.3, -0.25) is 9.97 Å². The fraction of sp³-hybridized carbons (Fsp3) is 0. The van der Waals surface area contributed by atoms with Crippen molar-refractivity contribution in [2.45, 2.75) is 0 Å². The molecule has 0 aliphatic carbocycles. The molecule has 6 aromatic rings. The molecule has 0 saturated heterocycles. The molecule has 2 aliphatic rings. The molecule has 4 heteroatoms. The van der Waals surface area contributed by atoms with Gasteiger partial charge in [-0.25, -0.2) is 0 Å². The minimum atomic E-state index is 0.132. The molecule has 0 unspecified atom stereocenters. The lowest BCUT2D eigenvalue weighted by Crippen LogP contribution is -2.59. The number of para-hydroxylation sites is 1. The van der Waals surface area contributed by atoms with Crippen LogP contribution in [0, 0.1) is 0 Å². The number of anilines is 2. The van der Waals surface area contributed by atoms with Gasteiger partial charge >= 0.3 is 6.85 Å². The van der Waals surface area contributed by atoms with E-state index in [1.807, 2.05) is 36.9 Å². The van der Waals surface area contributed by atoms with Gasteiger partial charge in [0.15, 0.2) is 0 Å². The third-order valence-corrected chi connectivity index (χ3v) is 7.85. The van der Waals surface area contributed by atoms with E-state index < -0.39 is 0 Å². The fourth-order valence-corrected chi connectivity index (χ4v) is 6.17. The van der Waals surface area contributed by atoms with E-state index in [0.717, 1.165) is 22.3 Å². The number of hydrogen-bond acceptors (Lipinski definition) is 3. The molecule has 2 aliphatic heterocycles.